The predicted molar refractivity (Wildman–Crippen MR) is 54.0 cm³/mol. The van der Waals surface area contributed by atoms with Gasteiger partial charge in [-0.1, -0.05) is 18.1 Å². The number of terminal acetylenes is 1. The number of thioether (sulfide) groups is 1. The monoisotopic (exact) mass is 177 g/mol. The Morgan fingerprint density at radius 1 is 1.42 bits per heavy atom. The molecule has 0 fully saturated rings. The lowest BCUT2D eigenvalue weighted by atomic mass is 10.1. The van der Waals surface area contributed by atoms with Crippen molar-refractivity contribution >= 4 is 11.8 Å². The molecule has 2 heteroatoms. The van der Waals surface area contributed by atoms with E-state index in [4.69, 9.17) is 12.2 Å². The molecule has 12 heavy (non-hydrogen) atoms. The van der Waals surface area contributed by atoms with Crippen LogP contribution in [0.15, 0.2) is 29.2 Å². The van der Waals surface area contributed by atoms with E-state index < -0.39 is 0 Å². The highest BCUT2D eigenvalue weighted by Gasteiger charge is 1.99. The van der Waals surface area contributed by atoms with Crippen molar-refractivity contribution in [2.75, 3.05) is 6.26 Å². The van der Waals surface area contributed by atoms with Gasteiger partial charge in [0, 0.05) is 4.90 Å². The van der Waals surface area contributed by atoms with Crippen LogP contribution in [-0.2, 0) is 0 Å². The molecule has 1 nitrogen and oxygen atoms in total. The molecule has 62 valence electrons. The third kappa shape index (κ3) is 2.04. The largest absolute Gasteiger partial charge is 0.314 e. The van der Waals surface area contributed by atoms with Gasteiger partial charge in [-0.3, -0.25) is 0 Å². The second-order valence-corrected chi connectivity index (χ2v) is 3.30. The molecule has 1 aromatic carbocycles. The molecule has 0 aliphatic carbocycles. The lowest BCUT2D eigenvalue weighted by Gasteiger charge is -2.04. The van der Waals surface area contributed by atoms with Crippen LogP contribution in [0.4, 0.5) is 0 Å². The van der Waals surface area contributed by atoms with Gasteiger partial charge in [-0.2, -0.15) is 0 Å². The fraction of sp³-hybridized carbons (Fsp3) is 0.200. The quantitative estimate of drug-likeness (QED) is 0.552. The highest BCUT2D eigenvalue weighted by molar-refractivity contribution is 7.98. The van der Waals surface area contributed by atoms with Crippen LogP contribution in [0.2, 0.25) is 0 Å². The Morgan fingerprint density at radius 3 is 2.42 bits per heavy atom. The van der Waals surface area contributed by atoms with E-state index in [1.54, 1.807) is 11.8 Å². The summed E-state index contributed by atoms with van der Waals surface area (Å²) in [5, 5.41) is 0. The molecule has 0 heterocycles. The van der Waals surface area contributed by atoms with Gasteiger partial charge in [0.25, 0.3) is 0 Å². The highest BCUT2D eigenvalue weighted by Crippen LogP contribution is 2.17. The molecule has 1 unspecified atom stereocenters. The van der Waals surface area contributed by atoms with Crippen molar-refractivity contribution in [3.05, 3.63) is 29.8 Å². The van der Waals surface area contributed by atoms with E-state index in [0.717, 1.165) is 5.56 Å². The first-order chi connectivity index (χ1) is 5.77. The number of hydrogen-bond donors (Lipinski definition) is 1. The minimum atomic E-state index is -0.277. The van der Waals surface area contributed by atoms with Gasteiger partial charge >= 0.3 is 0 Å². The van der Waals surface area contributed by atoms with Crippen LogP contribution in [0, 0.1) is 12.3 Å². The van der Waals surface area contributed by atoms with Crippen LogP contribution < -0.4 is 5.73 Å². The second kappa shape index (κ2) is 4.20. The minimum absolute atomic E-state index is 0.277. The molecule has 2 N–H and O–H groups in total. The second-order valence-electron chi connectivity index (χ2n) is 2.42. The van der Waals surface area contributed by atoms with Crippen LogP contribution in [0.3, 0.4) is 0 Å². The summed E-state index contributed by atoms with van der Waals surface area (Å²) in [6, 6.07) is 7.71. The van der Waals surface area contributed by atoms with Crippen LogP contribution >= 0.6 is 11.8 Å². The molecule has 0 radical (unpaired) electrons. The molecule has 1 rings (SSSR count). The van der Waals surface area contributed by atoms with Crippen molar-refractivity contribution in [2.45, 2.75) is 10.9 Å². The molecule has 1 aromatic rings. The fourth-order valence-electron chi connectivity index (χ4n) is 0.907. The van der Waals surface area contributed by atoms with Crippen molar-refractivity contribution in [1.29, 1.82) is 0 Å². The molecule has 0 amide bonds. The number of rotatable bonds is 2. The SMILES string of the molecule is C#CC(N)c1ccc(SC)cc1. The summed E-state index contributed by atoms with van der Waals surface area (Å²) in [5.41, 5.74) is 6.64. The topological polar surface area (TPSA) is 26.0 Å². The third-order valence-electron chi connectivity index (χ3n) is 1.65. The van der Waals surface area contributed by atoms with E-state index in [1.165, 1.54) is 4.90 Å². The average Bonchev–Trinajstić information content (AvgIpc) is 2.17. The van der Waals surface area contributed by atoms with Crippen molar-refractivity contribution in [1.82, 2.24) is 0 Å². The van der Waals surface area contributed by atoms with Crippen molar-refractivity contribution in [3.63, 3.8) is 0 Å². The molecule has 0 saturated carbocycles. The summed E-state index contributed by atoms with van der Waals surface area (Å²) in [6.07, 6.45) is 7.23. The zero-order valence-electron chi connectivity index (χ0n) is 6.95. The summed E-state index contributed by atoms with van der Waals surface area (Å²) in [7, 11) is 0. The summed E-state index contributed by atoms with van der Waals surface area (Å²) in [5.74, 6) is 2.49. The van der Waals surface area contributed by atoms with Crippen LogP contribution in [0.1, 0.15) is 11.6 Å². The maximum absolute atomic E-state index is 5.64. The summed E-state index contributed by atoms with van der Waals surface area (Å²) < 4.78 is 0. The first-order valence-electron chi connectivity index (χ1n) is 3.63. The Bertz CT molecular complexity index is 284. The van der Waals surface area contributed by atoms with Gasteiger partial charge in [0.2, 0.25) is 0 Å². The van der Waals surface area contributed by atoms with E-state index in [-0.39, 0.29) is 6.04 Å². The molecule has 0 aliphatic rings. The Balaban J connectivity index is 2.86. The first kappa shape index (κ1) is 9.18. The van der Waals surface area contributed by atoms with Crippen molar-refractivity contribution < 1.29 is 0 Å². The van der Waals surface area contributed by atoms with E-state index >= 15 is 0 Å². The van der Waals surface area contributed by atoms with Gasteiger partial charge in [-0.25, -0.2) is 0 Å². The van der Waals surface area contributed by atoms with E-state index in [2.05, 4.69) is 5.92 Å². The van der Waals surface area contributed by atoms with Crippen LogP contribution in [-0.4, -0.2) is 6.26 Å². The number of benzene rings is 1. The van der Waals surface area contributed by atoms with Crippen LogP contribution in [0.25, 0.3) is 0 Å². The zero-order chi connectivity index (χ0) is 8.97. The molecule has 0 spiro atoms. The van der Waals surface area contributed by atoms with E-state index in [0.29, 0.717) is 0 Å². The third-order valence-corrected chi connectivity index (χ3v) is 2.40. The normalized spacial score (nSPS) is 12.1. The Kier molecular flexibility index (Phi) is 3.21. The predicted octanol–water partition coefficient (Wildman–Crippen LogP) is 2.04. The van der Waals surface area contributed by atoms with Gasteiger partial charge in [-0.05, 0) is 24.0 Å². The van der Waals surface area contributed by atoms with Gasteiger partial charge in [0.15, 0.2) is 0 Å². The molecule has 0 aromatic heterocycles. The number of nitrogens with two attached hydrogens (primary N) is 1. The molecule has 1 atom stereocenters. The van der Waals surface area contributed by atoms with Crippen molar-refractivity contribution in [3.8, 4) is 12.3 Å². The fourth-order valence-corrected chi connectivity index (χ4v) is 1.32. The lowest BCUT2D eigenvalue weighted by Crippen LogP contribution is -2.06. The Labute approximate surface area is 77.4 Å². The molecular formula is C10H11NS. The summed E-state index contributed by atoms with van der Waals surface area (Å²) in [4.78, 5) is 1.22. The zero-order valence-corrected chi connectivity index (χ0v) is 7.77. The molecule has 0 aliphatic heterocycles. The smallest absolute Gasteiger partial charge is 0.0918 e. The van der Waals surface area contributed by atoms with Gasteiger partial charge < -0.3 is 5.73 Å². The summed E-state index contributed by atoms with van der Waals surface area (Å²) >= 11 is 1.70. The highest BCUT2D eigenvalue weighted by atomic mass is 32.2. The van der Waals surface area contributed by atoms with Crippen molar-refractivity contribution in [2.24, 2.45) is 5.73 Å². The number of hydrogen-bond acceptors (Lipinski definition) is 2. The standard InChI is InChI=1S/C10H11NS/c1-3-10(11)8-4-6-9(12-2)7-5-8/h1,4-7,10H,11H2,2H3. The maximum Gasteiger partial charge on any atom is 0.0918 e. The minimum Gasteiger partial charge on any atom is -0.314 e. The first-order valence-corrected chi connectivity index (χ1v) is 4.86. The Morgan fingerprint density at radius 2 is 2.00 bits per heavy atom. The van der Waals surface area contributed by atoms with Crippen LogP contribution in [0.5, 0.6) is 0 Å². The lowest BCUT2D eigenvalue weighted by molar-refractivity contribution is 0.944. The van der Waals surface area contributed by atoms with E-state index in [9.17, 15) is 0 Å². The van der Waals surface area contributed by atoms with E-state index in [1.807, 2.05) is 30.5 Å². The van der Waals surface area contributed by atoms with Gasteiger partial charge in [-0.15, -0.1) is 18.2 Å². The molecule has 0 saturated heterocycles. The Hall–Kier alpha value is -0.910. The molecular weight excluding hydrogens is 166 g/mol. The summed E-state index contributed by atoms with van der Waals surface area (Å²) in [6.45, 7) is 0. The molecule has 0 bridgehead atoms. The van der Waals surface area contributed by atoms with Gasteiger partial charge in [0.1, 0.15) is 0 Å². The van der Waals surface area contributed by atoms with Gasteiger partial charge in [0.05, 0.1) is 6.04 Å². The average molecular weight is 177 g/mol. The maximum atomic E-state index is 5.64.